The number of rotatable bonds is 4. The van der Waals surface area contributed by atoms with Crippen molar-refractivity contribution in [1.29, 1.82) is 0 Å². The molecule has 2 amide bonds. The average molecular weight is 373 g/mol. The van der Waals surface area contributed by atoms with Gasteiger partial charge in [-0.3, -0.25) is 4.79 Å². The van der Waals surface area contributed by atoms with E-state index in [1.54, 1.807) is 17.0 Å². The van der Waals surface area contributed by atoms with Crippen LogP contribution in [0.1, 0.15) is 37.2 Å². The molecule has 0 aromatic carbocycles. The molecular formula is C15H21BrN2O4. The van der Waals surface area contributed by atoms with E-state index in [2.05, 4.69) is 21.2 Å². The van der Waals surface area contributed by atoms with Crippen LogP contribution in [0.3, 0.4) is 0 Å². The predicted molar refractivity (Wildman–Crippen MR) is 84.7 cm³/mol. The van der Waals surface area contributed by atoms with Gasteiger partial charge in [-0.25, -0.2) is 4.79 Å². The van der Waals surface area contributed by atoms with Crippen LogP contribution in [-0.2, 0) is 4.74 Å². The van der Waals surface area contributed by atoms with Crippen molar-refractivity contribution in [1.82, 2.24) is 10.2 Å². The van der Waals surface area contributed by atoms with Crippen LogP contribution in [0.25, 0.3) is 0 Å². The lowest BCUT2D eigenvalue weighted by molar-refractivity contribution is 0.0667. The zero-order valence-electron chi connectivity index (χ0n) is 12.8. The maximum Gasteiger partial charge on any atom is 0.407 e. The minimum Gasteiger partial charge on any atom is -0.449 e. The molecule has 122 valence electrons. The minimum absolute atomic E-state index is 0.0482. The van der Waals surface area contributed by atoms with Gasteiger partial charge < -0.3 is 19.4 Å². The van der Waals surface area contributed by atoms with Crippen LogP contribution in [0.5, 0.6) is 0 Å². The van der Waals surface area contributed by atoms with Gasteiger partial charge in [-0.15, -0.1) is 0 Å². The number of piperidine rings is 1. The number of nitrogens with one attached hydrogen (secondary N) is 1. The van der Waals surface area contributed by atoms with Gasteiger partial charge in [-0.1, -0.05) is 13.8 Å². The second kappa shape index (κ2) is 7.67. The molecule has 1 saturated heterocycles. The van der Waals surface area contributed by atoms with E-state index < -0.39 is 0 Å². The van der Waals surface area contributed by atoms with Crippen LogP contribution in [0, 0.1) is 5.92 Å². The zero-order valence-corrected chi connectivity index (χ0v) is 14.4. The molecule has 0 aliphatic carbocycles. The lowest BCUT2D eigenvalue weighted by Crippen LogP contribution is -2.46. The topological polar surface area (TPSA) is 71.8 Å². The molecule has 1 fully saturated rings. The number of hydrogen-bond acceptors (Lipinski definition) is 4. The molecule has 1 aliphatic heterocycles. The fourth-order valence-corrected chi connectivity index (χ4v) is 2.57. The smallest absolute Gasteiger partial charge is 0.407 e. The number of likely N-dealkylation sites (tertiary alicyclic amines) is 1. The van der Waals surface area contributed by atoms with E-state index in [0.717, 1.165) is 0 Å². The summed E-state index contributed by atoms with van der Waals surface area (Å²) in [6.07, 6.45) is 1.04. The fourth-order valence-electron chi connectivity index (χ4n) is 2.26. The SMILES string of the molecule is CC(C)COC(=O)NC1CCN(C(=O)c2ccc(Br)o2)CC1. The molecule has 0 spiro atoms. The first kappa shape index (κ1) is 16.9. The number of carbonyl (C=O) groups excluding carboxylic acids is 2. The summed E-state index contributed by atoms with van der Waals surface area (Å²) in [4.78, 5) is 25.6. The molecule has 1 N–H and O–H groups in total. The summed E-state index contributed by atoms with van der Waals surface area (Å²) < 4.78 is 10.9. The maximum atomic E-state index is 12.2. The third-order valence-corrected chi connectivity index (χ3v) is 3.86. The fraction of sp³-hybridized carbons (Fsp3) is 0.600. The van der Waals surface area contributed by atoms with Gasteiger partial charge in [0.2, 0.25) is 0 Å². The van der Waals surface area contributed by atoms with Crippen molar-refractivity contribution < 1.29 is 18.7 Å². The Kier molecular flexibility index (Phi) is 5.88. The molecule has 6 nitrogen and oxygen atoms in total. The average Bonchev–Trinajstić information content (AvgIpc) is 2.92. The monoisotopic (exact) mass is 372 g/mol. The van der Waals surface area contributed by atoms with Crippen molar-refractivity contribution in [3.8, 4) is 0 Å². The van der Waals surface area contributed by atoms with Crippen LogP contribution >= 0.6 is 15.9 Å². The second-order valence-electron chi connectivity index (χ2n) is 5.81. The molecular weight excluding hydrogens is 352 g/mol. The van der Waals surface area contributed by atoms with Gasteiger partial charge in [-0.05, 0) is 46.8 Å². The first-order chi connectivity index (χ1) is 10.5. The number of ether oxygens (including phenoxy) is 1. The highest BCUT2D eigenvalue weighted by Crippen LogP contribution is 2.18. The van der Waals surface area contributed by atoms with Crippen molar-refractivity contribution in [2.45, 2.75) is 32.7 Å². The zero-order chi connectivity index (χ0) is 16.1. The second-order valence-corrected chi connectivity index (χ2v) is 6.59. The van der Waals surface area contributed by atoms with Crippen molar-refractivity contribution in [3.05, 3.63) is 22.6 Å². The van der Waals surface area contributed by atoms with Crippen LogP contribution in [-0.4, -0.2) is 42.6 Å². The number of alkyl carbamates (subject to hydrolysis) is 1. The molecule has 0 bridgehead atoms. The summed E-state index contributed by atoms with van der Waals surface area (Å²) in [5.74, 6) is 0.527. The molecule has 1 aromatic rings. The number of amides is 2. The van der Waals surface area contributed by atoms with Crippen molar-refractivity contribution in [2.75, 3.05) is 19.7 Å². The molecule has 1 aromatic heterocycles. The molecule has 0 radical (unpaired) electrons. The van der Waals surface area contributed by atoms with E-state index in [0.29, 0.717) is 48.9 Å². The van der Waals surface area contributed by atoms with Crippen LogP contribution in [0.4, 0.5) is 4.79 Å². The number of furan rings is 1. The van der Waals surface area contributed by atoms with E-state index >= 15 is 0 Å². The van der Waals surface area contributed by atoms with Gasteiger partial charge in [-0.2, -0.15) is 0 Å². The number of halogens is 1. The number of nitrogens with zero attached hydrogens (tertiary/aromatic N) is 1. The van der Waals surface area contributed by atoms with Gasteiger partial charge in [0, 0.05) is 19.1 Å². The summed E-state index contributed by atoms with van der Waals surface area (Å²) >= 11 is 3.19. The third-order valence-electron chi connectivity index (χ3n) is 3.44. The molecule has 7 heteroatoms. The summed E-state index contributed by atoms with van der Waals surface area (Å²) in [7, 11) is 0. The Labute approximate surface area is 138 Å². The first-order valence-electron chi connectivity index (χ1n) is 7.43. The van der Waals surface area contributed by atoms with Gasteiger partial charge in [0.1, 0.15) is 0 Å². The Hall–Kier alpha value is -1.50. The van der Waals surface area contributed by atoms with E-state index in [1.807, 2.05) is 13.8 Å². The molecule has 2 heterocycles. The lowest BCUT2D eigenvalue weighted by atomic mass is 10.1. The predicted octanol–water partition coefficient (Wildman–Crippen LogP) is 3.03. The molecule has 0 saturated carbocycles. The quantitative estimate of drug-likeness (QED) is 0.881. The van der Waals surface area contributed by atoms with Crippen molar-refractivity contribution in [2.24, 2.45) is 5.92 Å². The van der Waals surface area contributed by atoms with Gasteiger partial charge >= 0.3 is 6.09 Å². The normalized spacial score (nSPS) is 15.9. The standard InChI is InChI=1S/C15H21BrN2O4/c1-10(2)9-21-15(20)17-11-5-7-18(8-6-11)14(19)12-3-4-13(16)22-12/h3-4,10-11H,5-9H2,1-2H3,(H,17,20). The Morgan fingerprint density at radius 2 is 2.09 bits per heavy atom. The summed E-state index contributed by atoms with van der Waals surface area (Å²) in [5, 5.41) is 2.85. The highest BCUT2D eigenvalue weighted by molar-refractivity contribution is 9.10. The first-order valence-corrected chi connectivity index (χ1v) is 8.23. The Morgan fingerprint density at radius 3 is 2.64 bits per heavy atom. The minimum atomic E-state index is -0.381. The van der Waals surface area contributed by atoms with Gasteiger partial charge in [0.15, 0.2) is 10.4 Å². The lowest BCUT2D eigenvalue weighted by Gasteiger charge is -2.31. The summed E-state index contributed by atoms with van der Waals surface area (Å²) in [5.41, 5.74) is 0. The molecule has 0 atom stereocenters. The Morgan fingerprint density at radius 1 is 1.41 bits per heavy atom. The van der Waals surface area contributed by atoms with Crippen LogP contribution < -0.4 is 5.32 Å². The van der Waals surface area contributed by atoms with E-state index in [1.165, 1.54) is 0 Å². The highest BCUT2D eigenvalue weighted by Gasteiger charge is 2.26. The van der Waals surface area contributed by atoms with E-state index in [9.17, 15) is 9.59 Å². The maximum absolute atomic E-state index is 12.2. The van der Waals surface area contributed by atoms with Crippen LogP contribution in [0.15, 0.2) is 21.2 Å². The summed E-state index contributed by atoms with van der Waals surface area (Å²) in [6.45, 7) is 5.57. The molecule has 0 unspecified atom stereocenters. The van der Waals surface area contributed by atoms with Gasteiger partial charge in [0.05, 0.1) is 6.61 Å². The largest absolute Gasteiger partial charge is 0.449 e. The third kappa shape index (κ3) is 4.76. The molecule has 2 rings (SSSR count). The number of carbonyl (C=O) groups is 2. The van der Waals surface area contributed by atoms with Crippen LogP contribution in [0.2, 0.25) is 0 Å². The van der Waals surface area contributed by atoms with Crippen molar-refractivity contribution in [3.63, 3.8) is 0 Å². The van der Waals surface area contributed by atoms with Gasteiger partial charge in [0.25, 0.3) is 5.91 Å². The number of hydrogen-bond donors (Lipinski definition) is 1. The van der Waals surface area contributed by atoms with Crippen molar-refractivity contribution >= 4 is 27.9 Å². The van der Waals surface area contributed by atoms with E-state index in [4.69, 9.17) is 9.15 Å². The summed E-state index contributed by atoms with van der Waals surface area (Å²) in [6, 6.07) is 3.40. The Balaban J connectivity index is 1.76. The Bertz CT molecular complexity index is 521. The molecule has 22 heavy (non-hydrogen) atoms. The molecule has 1 aliphatic rings. The highest BCUT2D eigenvalue weighted by atomic mass is 79.9. The van der Waals surface area contributed by atoms with E-state index in [-0.39, 0.29) is 18.0 Å².